The molecule has 6 nitrogen and oxygen atoms in total. The van der Waals surface area contributed by atoms with Crippen molar-refractivity contribution < 1.29 is 28.3 Å². The van der Waals surface area contributed by atoms with E-state index in [0.29, 0.717) is 30.5 Å². The first-order valence-corrected chi connectivity index (χ1v) is 10.8. The molecule has 0 unspecified atom stereocenters. The van der Waals surface area contributed by atoms with Crippen molar-refractivity contribution in [1.29, 1.82) is 0 Å². The van der Waals surface area contributed by atoms with Crippen molar-refractivity contribution in [2.75, 3.05) is 11.9 Å². The summed E-state index contributed by atoms with van der Waals surface area (Å²) in [4.78, 5) is 37.6. The number of carbonyl (C=O) groups excluding carboxylic acids is 3. The van der Waals surface area contributed by atoms with Crippen molar-refractivity contribution in [1.82, 2.24) is 4.90 Å². The van der Waals surface area contributed by atoms with E-state index in [1.54, 1.807) is 12.1 Å². The normalized spacial score (nSPS) is 15.3. The molecule has 29 heavy (non-hydrogen) atoms. The zero-order chi connectivity index (χ0) is 21.3. The molecule has 2 aromatic rings. The summed E-state index contributed by atoms with van der Waals surface area (Å²) in [5.74, 6) is -3.10. The number of nitrogens with one attached hydrogen (secondary N) is 1. The predicted octanol–water partition coefficient (Wildman–Crippen LogP) is 4.55. The predicted molar refractivity (Wildman–Crippen MR) is 121 cm³/mol. The number of rotatable bonds is 4. The lowest BCUT2D eigenvalue weighted by Gasteiger charge is -2.12. The van der Waals surface area contributed by atoms with Gasteiger partial charge in [0.25, 0.3) is 11.1 Å². The second kappa shape index (κ2) is 8.95. The zero-order valence-electron chi connectivity index (χ0n) is 14.2. The van der Waals surface area contributed by atoms with Gasteiger partial charge in [0.1, 0.15) is 23.9 Å². The highest BCUT2D eigenvalue weighted by Gasteiger charge is 2.36. The Morgan fingerprint density at radius 1 is 1.17 bits per heavy atom. The summed E-state index contributed by atoms with van der Waals surface area (Å²) in [5, 5.41) is 11.4. The van der Waals surface area contributed by atoms with Gasteiger partial charge in [0, 0.05) is 6.07 Å². The second-order valence-electron chi connectivity index (χ2n) is 5.77. The minimum Gasteiger partial charge on any atom is -0.506 e. The molecular formula is C18H10F2I2N2O4S. The Hall–Kier alpha value is -1.74. The Balaban J connectivity index is 1.74. The van der Waals surface area contributed by atoms with Crippen LogP contribution in [0.15, 0.2) is 35.2 Å². The molecule has 2 N–H and O–H groups in total. The van der Waals surface area contributed by atoms with E-state index in [4.69, 9.17) is 0 Å². The third kappa shape index (κ3) is 5.06. The molecule has 0 bridgehead atoms. The highest BCUT2D eigenvalue weighted by Crippen LogP contribution is 2.34. The first-order valence-electron chi connectivity index (χ1n) is 7.84. The molecular weight excluding hydrogens is 632 g/mol. The van der Waals surface area contributed by atoms with Crippen LogP contribution in [0, 0.1) is 18.8 Å². The minimum atomic E-state index is -0.969. The number of halogens is 4. The fraction of sp³-hybridized carbons (Fsp3) is 0.0556. The van der Waals surface area contributed by atoms with Gasteiger partial charge < -0.3 is 10.4 Å². The van der Waals surface area contributed by atoms with Gasteiger partial charge in [-0.1, -0.05) is 0 Å². The Morgan fingerprint density at radius 2 is 1.83 bits per heavy atom. The third-order valence-electron chi connectivity index (χ3n) is 3.72. The van der Waals surface area contributed by atoms with Crippen LogP contribution in [0.1, 0.15) is 5.56 Å². The number of amides is 3. The number of carbonyl (C=O) groups is 3. The third-order valence-corrected chi connectivity index (χ3v) is 6.27. The van der Waals surface area contributed by atoms with E-state index in [0.717, 1.165) is 17.0 Å². The van der Waals surface area contributed by atoms with Crippen molar-refractivity contribution in [3.8, 4) is 5.75 Å². The molecule has 1 fully saturated rings. The summed E-state index contributed by atoms with van der Waals surface area (Å²) in [5.41, 5.74) is 0.354. The number of anilines is 1. The number of nitrogens with zero attached hydrogens (tertiary/aromatic N) is 1. The zero-order valence-corrected chi connectivity index (χ0v) is 19.3. The standard InChI is InChI=1S/C18H10F2I2N2O4S/c19-9-1-2-13(10(20)6-9)23-15(25)7-24-17(27)14(29-18(24)28)5-8-3-11(21)16(26)12(22)4-8/h1-6,26H,7H2,(H,23,25)/b14-5+. The van der Waals surface area contributed by atoms with Gasteiger partial charge in [-0.15, -0.1) is 0 Å². The lowest BCUT2D eigenvalue weighted by molar-refractivity contribution is -0.127. The van der Waals surface area contributed by atoms with Gasteiger partial charge in [-0.05, 0) is 92.8 Å². The number of phenolic OH excluding ortho intramolecular Hbond substituents is 1. The van der Waals surface area contributed by atoms with Crippen molar-refractivity contribution in [2.45, 2.75) is 0 Å². The Labute approximate surface area is 195 Å². The summed E-state index contributed by atoms with van der Waals surface area (Å²) < 4.78 is 27.7. The lowest BCUT2D eigenvalue weighted by atomic mass is 10.2. The molecule has 3 rings (SSSR count). The largest absolute Gasteiger partial charge is 0.506 e. The number of aromatic hydroxyl groups is 1. The molecule has 0 spiro atoms. The van der Waals surface area contributed by atoms with Crippen LogP contribution in [-0.4, -0.2) is 33.6 Å². The van der Waals surface area contributed by atoms with Crippen LogP contribution in [0.2, 0.25) is 0 Å². The molecule has 0 atom stereocenters. The highest BCUT2D eigenvalue weighted by atomic mass is 127. The van der Waals surface area contributed by atoms with Crippen LogP contribution < -0.4 is 5.32 Å². The van der Waals surface area contributed by atoms with Crippen LogP contribution >= 0.6 is 56.9 Å². The molecule has 11 heteroatoms. The maximum Gasteiger partial charge on any atom is 0.294 e. The molecule has 2 aromatic carbocycles. The number of benzene rings is 2. The fourth-order valence-electron chi connectivity index (χ4n) is 2.38. The van der Waals surface area contributed by atoms with Crippen LogP contribution in [0.25, 0.3) is 6.08 Å². The van der Waals surface area contributed by atoms with Gasteiger partial charge in [-0.2, -0.15) is 0 Å². The molecule has 3 amide bonds. The van der Waals surface area contributed by atoms with Crippen molar-refractivity contribution in [3.05, 3.63) is 59.6 Å². The van der Waals surface area contributed by atoms with Crippen molar-refractivity contribution in [2.24, 2.45) is 0 Å². The number of hydrogen-bond donors (Lipinski definition) is 2. The second-order valence-corrected chi connectivity index (χ2v) is 9.09. The lowest BCUT2D eigenvalue weighted by Crippen LogP contribution is -2.36. The van der Waals surface area contributed by atoms with E-state index in [9.17, 15) is 28.3 Å². The molecule has 1 aliphatic rings. The SMILES string of the molecule is O=C(CN1C(=O)S/C(=C/c2cc(I)c(O)c(I)c2)C1=O)Nc1ccc(F)cc1F. The van der Waals surface area contributed by atoms with E-state index in [1.807, 2.05) is 45.2 Å². The first-order chi connectivity index (χ1) is 13.7. The Morgan fingerprint density at radius 3 is 2.45 bits per heavy atom. The summed E-state index contributed by atoms with van der Waals surface area (Å²) in [6, 6.07) is 5.93. The van der Waals surface area contributed by atoms with Crippen LogP contribution in [0.5, 0.6) is 5.75 Å². The fourth-order valence-corrected chi connectivity index (χ4v) is 5.03. The monoisotopic (exact) mass is 642 g/mol. The van der Waals surface area contributed by atoms with Gasteiger partial charge in [0.15, 0.2) is 0 Å². The van der Waals surface area contributed by atoms with Crippen molar-refractivity contribution in [3.63, 3.8) is 0 Å². The number of hydrogen-bond acceptors (Lipinski definition) is 5. The van der Waals surface area contributed by atoms with Crippen LogP contribution in [0.3, 0.4) is 0 Å². The van der Waals surface area contributed by atoms with Gasteiger partial charge in [0.2, 0.25) is 5.91 Å². The summed E-state index contributed by atoms with van der Waals surface area (Å²) in [6.45, 7) is -0.608. The highest BCUT2D eigenvalue weighted by molar-refractivity contribution is 14.1. The van der Waals surface area contributed by atoms with Gasteiger partial charge in [0.05, 0.1) is 17.7 Å². The Bertz CT molecular complexity index is 1050. The van der Waals surface area contributed by atoms with Gasteiger partial charge in [-0.3, -0.25) is 19.3 Å². The van der Waals surface area contributed by atoms with E-state index in [1.165, 1.54) is 6.08 Å². The summed E-state index contributed by atoms with van der Waals surface area (Å²) in [6.07, 6.45) is 1.49. The molecule has 1 aliphatic heterocycles. The molecule has 0 aromatic heterocycles. The smallest absolute Gasteiger partial charge is 0.294 e. The molecule has 1 saturated heterocycles. The quantitative estimate of drug-likeness (QED) is 0.378. The average Bonchev–Trinajstić information content (AvgIpc) is 2.89. The molecule has 0 saturated carbocycles. The molecule has 0 aliphatic carbocycles. The van der Waals surface area contributed by atoms with E-state index >= 15 is 0 Å². The minimum absolute atomic E-state index is 0.119. The average molecular weight is 642 g/mol. The summed E-state index contributed by atoms with van der Waals surface area (Å²) in [7, 11) is 0. The number of thioether (sulfide) groups is 1. The van der Waals surface area contributed by atoms with Crippen LogP contribution in [-0.2, 0) is 9.59 Å². The van der Waals surface area contributed by atoms with Gasteiger partial charge in [-0.25, -0.2) is 8.78 Å². The maximum atomic E-state index is 13.6. The molecule has 1 heterocycles. The Kier molecular flexibility index (Phi) is 6.78. The van der Waals surface area contributed by atoms with E-state index < -0.39 is 35.2 Å². The topological polar surface area (TPSA) is 86.7 Å². The number of imide groups is 1. The first kappa shape index (κ1) is 22.0. The van der Waals surface area contributed by atoms with E-state index in [-0.39, 0.29) is 16.3 Å². The van der Waals surface area contributed by atoms with Gasteiger partial charge >= 0.3 is 0 Å². The molecule has 0 radical (unpaired) electrons. The number of phenols is 1. The maximum absolute atomic E-state index is 13.6. The van der Waals surface area contributed by atoms with Crippen molar-refractivity contribution >= 4 is 85.8 Å². The van der Waals surface area contributed by atoms with Crippen LogP contribution in [0.4, 0.5) is 19.3 Å². The summed E-state index contributed by atoms with van der Waals surface area (Å²) >= 11 is 4.57. The van der Waals surface area contributed by atoms with E-state index in [2.05, 4.69) is 5.32 Å². The molecule has 150 valence electrons.